The van der Waals surface area contributed by atoms with E-state index in [0.29, 0.717) is 11.4 Å². The van der Waals surface area contributed by atoms with Crippen LogP contribution in [-0.2, 0) is 20.9 Å². The van der Waals surface area contributed by atoms with Gasteiger partial charge in [0.1, 0.15) is 6.54 Å². The Bertz CT molecular complexity index is 767. The molecule has 1 N–H and O–H groups in total. The van der Waals surface area contributed by atoms with Gasteiger partial charge in [-0.3, -0.25) is 19.0 Å². The van der Waals surface area contributed by atoms with Crippen LogP contribution in [0, 0.1) is 6.92 Å². The average molecular weight is 399 g/mol. The lowest BCUT2D eigenvalue weighted by Gasteiger charge is -2.14. The van der Waals surface area contributed by atoms with E-state index in [1.807, 2.05) is 0 Å². The van der Waals surface area contributed by atoms with Crippen LogP contribution in [-0.4, -0.2) is 22.5 Å². The molecule has 1 atom stereocenters. The highest BCUT2D eigenvalue weighted by Gasteiger charge is 2.19. The molecule has 0 aliphatic heterocycles. The molecule has 2 aromatic rings. The van der Waals surface area contributed by atoms with Gasteiger partial charge in [0.15, 0.2) is 6.10 Å². The second-order valence-electron chi connectivity index (χ2n) is 4.86. The number of aryl methyl sites for hydroxylation is 1. The van der Waals surface area contributed by atoms with Crippen LogP contribution in [0.15, 0.2) is 38.9 Å². The van der Waals surface area contributed by atoms with Gasteiger partial charge < -0.3 is 10.1 Å². The molecule has 0 unspecified atom stereocenters. The molecule has 1 amide bonds. The predicted molar refractivity (Wildman–Crippen MR) is 91.6 cm³/mol. The number of aromatic nitrogens is 1. The summed E-state index contributed by atoms with van der Waals surface area (Å²) in [6.07, 6.45) is -0.958. The van der Waals surface area contributed by atoms with Crippen molar-refractivity contribution in [1.82, 2.24) is 4.57 Å². The Kier molecular flexibility index (Phi) is 5.73. The Morgan fingerprint density at radius 2 is 2.00 bits per heavy atom. The molecule has 122 valence electrons. The van der Waals surface area contributed by atoms with Crippen molar-refractivity contribution in [2.75, 3.05) is 5.32 Å². The molecule has 0 radical (unpaired) electrons. The molecule has 0 aliphatic rings. The molecule has 0 spiro atoms. The van der Waals surface area contributed by atoms with E-state index in [0.717, 1.165) is 15.8 Å². The number of carbonyl (C=O) groups excluding carboxylic acids is 2. The van der Waals surface area contributed by atoms with Crippen LogP contribution in [0.3, 0.4) is 0 Å². The number of amides is 1. The smallest absolute Gasteiger partial charge is 0.326 e. The highest BCUT2D eigenvalue weighted by molar-refractivity contribution is 9.10. The largest absolute Gasteiger partial charge is 0.451 e. The topological polar surface area (TPSA) is 77.4 Å². The maximum Gasteiger partial charge on any atom is 0.326 e. The fourth-order valence-electron chi connectivity index (χ4n) is 1.79. The molecule has 0 saturated heterocycles. The fourth-order valence-corrected chi connectivity index (χ4v) is 2.79. The van der Waals surface area contributed by atoms with E-state index in [1.165, 1.54) is 11.5 Å². The summed E-state index contributed by atoms with van der Waals surface area (Å²) in [5, 5.41) is 4.32. The number of nitrogens with one attached hydrogen (secondary N) is 1. The SMILES string of the molecule is Cc1csc(=O)n1CC(=O)O[C@H](C)C(=O)Nc1ccc(Br)cc1. The zero-order valence-electron chi connectivity index (χ0n) is 12.5. The van der Waals surface area contributed by atoms with Gasteiger partial charge in [0, 0.05) is 21.2 Å². The molecule has 1 aromatic heterocycles. The first-order valence-corrected chi connectivity index (χ1v) is 8.45. The van der Waals surface area contributed by atoms with Crippen molar-refractivity contribution in [3.8, 4) is 0 Å². The number of hydrogen-bond donors (Lipinski definition) is 1. The Morgan fingerprint density at radius 1 is 1.35 bits per heavy atom. The lowest BCUT2D eigenvalue weighted by Crippen LogP contribution is -2.32. The fraction of sp³-hybridized carbons (Fsp3) is 0.267. The molecular weight excluding hydrogens is 384 g/mol. The monoisotopic (exact) mass is 398 g/mol. The van der Waals surface area contributed by atoms with Crippen LogP contribution in [0.5, 0.6) is 0 Å². The van der Waals surface area contributed by atoms with Gasteiger partial charge in [0.2, 0.25) is 0 Å². The van der Waals surface area contributed by atoms with Crippen molar-refractivity contribution in [1.29, 1.82) is 0 Å². The first-order valence-electron chi connectivity index (χ1n) is 6.77. The first kappa shape index (κ1) is 17.4. The van der Waals surface area contributed by atoms with Gasteiger partial charge in [0.25, 0.3) is 5.91 Å². The zero-order chi connectivity index (χ0) is 17.0. The lowest BCUT2D eigenvalue weighted by atomic mass is 10.3. The molecule has 8 heteroatoms. The van der Waals surface area contributed by atoms with Gasteiger partial charge in [-0.15, -0.1) is 0 Å². The van der Waals surface area contributed by atoms with Crippen LogP contribution in [0.1, 0.15) is 12.6 Å². The molecule has 0 fully saturated rings. The van der Waals surface area contributed by atoms with Gasteiger partial charge in [-0.05, 0) is 38.1 Å². The van der Waals surface area contributed by atoms with Crippen molar-refractivity contribution in [2.24, 2.45) is 0 Å². The maximum absolute atomic E-state index is 12.0. The first-order chi connectivity index (χ1) is 10.9. The normalized spacial score (nSPS) is 11.8. The van der Waals surface area contributed by atoms with E-state index in [4.69, 9.17) is 4.74 Å². The number of anilines is 1. The highest BCUT2D eigenvalue weighted by Crippen LogP contribution is 2.14. The lowest BCUT2D eigenvalue weighted by molar-refractivity contribution is -0.153. The second kappa shape index (κ2) is 7.56. The molecule has 1 aromatic carbocycles. The maximum atomic E-state index is 12.0. The van der Waals surface area contributed by atoms with E-state index in [2.05, 4.69) is 21.2 Å². The summed E-state index contributed by atoms with van der Waals surface area (Å²) < 4.78 is 7.28. The molecule has 2 rings (SSSR count). The van der Waals surface area contributed by atoms with Crippen molar-refractivity contribution in [3.05, 3.63) is 49.5 Å². The Labute approximate surface area is 145 Å². The summed E-state index contributed by atoms with van der Waals surface area (Å²) in [4.78, 5) is 35.2. The van der Waals surface area contributed by atoms with E-state index < -0.39 is 18.0 Å². The summed E-state index contributed by atoms with van der Waals surface area (Å²) in [6.45, 7) is 3.01. The Morgan fingerprint density at radius 3 is 2.57 bits per heavy atom. The minimum absolute atomic E-state index is 0.204. The number of ether oxygens (including phenoxy) is 1. The van der Waals surface area contributed by atoms with Gasteiger partial charge in [-0.1, -0.05) is 27.3 Å². The van der Waals surface area contributed by atoms with Crippen molar-refractivity contribution >= 4 is 44.8 Å². The highest BCUT2D eigenvalue weighted by atomic mass is 79.9. The number of hydrogen-bond acceptors (Lipinski definition) is 5. The number of rotatable bonds is 5. The van der Waals surface area contributed by atoms with Gasteiger partial charge in [-0.2, -0.15) is 0 Å². The van der Waals surface area contributed by atoms with Gasteiger partial charge >= 0.3 is 10.8 Å². The van der Waals surface area contributed by atoms with Gasteiger partial charge in [-0.25, -0.2) is 0 Å². The third-order valence-electron chi connectivity index (χ3n) is 3.05. The molecule has 0 aliphatic carbocycles. The van der Waals surface area contributed by atoms with Crippen LogP contribution >= 0.6 is 27.3 Å². The van der Waals surface area contributed by atoms with E-state index in [1.54, 1.807) is 36.6 Å². The van der Waals surface area contributed by atoms with Gasteiger partial charge in [0.05, 0.1) is 0 Å². The molecule has 1 heterocycles. The summed E-state index contributed by atoms with van der Waals surface area (Å²) >= 11 is 4.32. The third-order valence-corrected chi connectivity index (χ3v) is 4.46. The van der Waals surface area contributed by atoms with Crippen molar-refractivity contribution < 1.29 is 14.3 Å². The van der Waals surface area contributed by atoms with E-state index in [-0.39, 0.29) is 11.4 Å². The molecule has 6 nitrogen and oxygen atoms in total. The number of nitrogens with zero attached hydrogens (tertiary/aromatic N) is 1. The summed E-state index contributed by atoms with van der Waals surface area (Å²) in [6, 6.07) is 7.03. The third kappa shape index (κ3) is 4.77. The average Bonchev–Trinajstić information content (AvgIpc) is 2.81. The van der Waals surface area contributed by atoms with Crippen LogP contribution in [0.2, 0.25) is 0 Å². The zero-order valence-corrected chi connectivity index (χ0v) is 14.9. The van der Waals surface area contributed by atoms with Crippen molar-refractivity contribution in [2.45, 2.75) is 26.5 Å². The number of esters is 1. The molecular formula is C15H15BrN2O4S. The minimum Gasteiger partial charge on any atom is -0.451 e. The van der Waals surface area contributed by atoms with Crippen LogP contribution < -0.4 is 10.2 Å². The standard InChI is InChI=1S/C15H15BrN2O4S/c1-9-8-23-15(21)18(9)7-13(19)22-10(2)14(20)17-12-5-3-11(16)4-6-12/h3-6,8,10H,7H2,1-2H3,(H,17,20)/t10-/m1/s1. The predicted octanol–water partition coefficient (Wildman–Crippen LogP) is 2.55. The van der Waals surface area contributed by atoms with E-state index >= 15 is 0 Å². The molecule has 0 saturated carbocycles. The molecule has 0 bridgehead atoms. The Balaban J connectivity index is 1.91. The van der Waals surface area contributed by atoms with Crippen molar-refractivity contribution in [3.63, 3.8) is 0 Å². The molecule has 23 heavy (non-hydrogen) atoms. The number of carbonyl (C=O) groups is 2. The van der Waals surface area contributed by atoms with E-state index in [9.17, 15) is 14.4 Å². The quantitative estimate of drug-likeness (QED) is 0.784. The number of benzene rings is 1. The minimum atomic E-state index is -0.958. The van der Waals surface area contributed by atoms with Crippen LogP contribution in [0.4, 0.5) is 5.69 Å². The summed E-state index contributed by atoms with van der Waals surface area (Å²) in [7, 11) is 0. The second-order valence-corrected chi connectivity index (χ2v) is 6.59. The number of halogens is 1. The number of thiazole rings is 1. The van der Waals surface area contributed by atoms with Crippen LogP contribution in [0.25, 0.3) is 0 Å². The summed E-state index contributed by atoms with van der Waals surface area (Å²) in [5.74, 6) is -1.07. The Hall–Kier alpha value is -1.93. The summed E-state index contributed by atoms with van der Waals surface area (Å²) in [5.41, 5.74) is 1.29.